The Kier molecular flexibility index (Phi) is 10.3. The van der Waals surface area contributed by atoms with E-state index in [1.165, 1.54) is 13.8 Å². The second-order valence-electron chi connectivity index (χ2n) is 3.37. The van der Waals surface area contributed by atoms with Crippen molar-refractivity contribution in [1.82, 2.24) is 0 Å². The Hall–Kier alpha value is -0.320. The molecule has 0 atom stereocenters. The summed E-state index contributed by atoms with van der Waals surface area (Å²) in [7, 11) is 2.90. The first kappa shape index (κ1) is 20.7. The van der Waals surface area contributed by atoms with Gasteiger partial charge in [-0.2, -0.15) is 0 Å². The molecule has 0 bridgehead atoms. The molecule has 0 N–H and O–H groups in total. The summed E-state index contributed by atoms with van der Waals surface area (Å²) >= 11 is 0. The largest absolute Gasteiger partial charge is 0.464 e. The van der Waals surface area contributed by atoms with E-state index in [1.54, 1.807) is 13.8 Å². The maximum atomic E-state index is 12.2. The predicted molar refractivity (Wildman–Crippen MR) is 87.7 cm³/mol. The van der Waals surface area contributed by atoms with E-state index in [0.717, 1.165) is 43.2 Å². The normalized spacial score (nSPS) is 10.9. The monoisotopic (exact) mass is 372 g/mol. The van der Waals surface area contributed by atoms with Gasteiger partial charge in [-0.15, -0.1) is 0 Å². The molecule has 0 aromatic heterocycles. The van der Waals surface area contributed by atoms with E-state index in [9.17, 15) is 19.2 Å². The molecule has 0 fully saturated rings. The number of hydrogen-bond acceptors (Lipinski definition) is 10. The predicted octanol–water partition coefficient (Wildman–Crippen LogP) is 2.66. The summed E-state index contributed by atoms with van der Waals surface area (Å²) in [5.41, 5.74) is 0. The van der Waals surface area contributed by atoms with Gasteiger partial charge >= 0.3 is 11.9 Å². The maximum absolute atomic E-state index is 12.2. The first-order chi connectivity index (χ1) is 9.80. The van der Waals surface area contributed by atoms with Gasteiger partial charge < -0.3 is 9.47 Å². The van der Waals surface area contributed by atoms with Crippen molar-refractivity contribution >= 4 is 65.3 Å². The number of ether oxygens (including phenoxy) is 2. The van der Waals surface area contributed by atoms with Gasteiger partial charge in [0, 0.05) is 13.8 Å². The van der Waals surface area contributed by atoms with E-state index in [-0.39, 0.29) is 23.4 Å². The lowest BCUT2D eigenvalue weighted by atomic mass is 10.4. The van der Waals surface area contributed by atoms with E-state index < -0.39 is 16.0 Å². The van der Waals surface area contributed by atoms with Crippen LogP contribution in [0.4, 0.5) is 0 Å². The Bertz CT molecular complexity index is 374. The molecular formula is C11H16O6S4. The molecule has 0 aliphatic rings. The van der Waals surface area contributed by atoms with Crippen LogP contribution in [-0.4, -0.2) is 39.5 Å². The molecule has 0 spiro atoms. The van der Waals surface area contributed by atoms with E-state index in [0.29, 0.717) is 0 Å². The highest BCUT2D eigenvalue weighted by atomic mass is 33.1. The topological polar surface area (TPSA) is 86.7 Å². The van der Waals surface area contributed by atoms with Gasteiger partial charge in [-0.05, 0) is 57.0 Å². The third-order valence-corrected chi connectivity index (χ3v) is 7.95. The van der Waals surface area contributed by atoms with Gasteiger partial charge in [0.05, 0.1) is 13.2 Å². The SMILES string of the molecule is CCOC(=O)C(SSC(C)=O)(SSC(C)=O)C(=O)OCC. The third-order valence-electron chi connectivity index (χ3n) is 1.64. The van der Waals surface area contributed by atoms with Crippen LogP contribution in [0.15, 0.2) is 0 Å². The van der Waals surface area contributed by atoms with Crippen molar-refractivity contribution in [1.29, 1.82) is 0 Å². The Morgan fingerprint density at radius 3 is 1.38 bits per heavy atom. The van der Waals surface area contributed by atoms with Crippen LogP contribution in [0.25, 0.3) is 0 Å². The number of carbonyl (C=O) groups excluding carboxylic acids is 4. The minimum atomic E-state index is -1.82. The summed E-state index contributed by atoms with van der Waals surface area (Å²) < 4.78 is 8.00. The minimum Gasteiger partial charge on any atom is -0.464 e. The van der Waals surface area contributed by atoms with Gasteiger partial charge in [-0.1, -0.05) is 0 Å². The van der Waals surface area contributed by atoms with E-state index in [1.807, 2.05) is 0 Å². The number of esters is 2. The van der Waals surface area contributed by atoms with Gasteiger partial charge in [0.25, 0.3) is 4.08 Å². The van der Waals surface area contributed by atoms with Crippen molar-refractivity contribution in [3.63, 3.8) is 0 Å². The summed E-state index contributed by atoms with van der Waals surface area (Å²) in [6, 6.07) is 0. The van der Waals surface area contributed by atoms with E-state index >= 15 is 0 Å². The highest BCUT2D eigenvalue weighted by Gasteiger charge is 2.52. The highest BCUT2D eigenvalue weighted by Crippen LogP contribution is 2.51. The van der Waals surface area contributed by atoms with Crippen molar-refractivity contribution in [3.05, 3.63) is 0 Å². The van der Waals surface area contributed by atoms with Gasteiger partial charge in [-0.25, -0.2) is 9.59 Å². The molecule has 0 saturated carbocycles. The molecule has 0 aliphatic carbocycles. The van der Waals surface area contributed by atoms with Crippen LogP contribution in [0.2, 0.25) is 0 Å². The first-order valence-electron chi connectivity index (χ1n) is 5.87. The molecule has 0 saturated heterocycles. The smallest absolute Gasteiger partial charge is 0.346 e. The van der Waals surface area contributed by atoms with Crippen LogP contribution in [-0.2, 0) is 28.7 Å². The van der Waals surface area contributed by atoms with Crippen molar-refractivity contribution in [3.8, 4) is 0 Å². The van der Waals surface area contributed by atoms with Gasteiger partial charge in [-0.3, -0.25) is 9.59 Å². The Morgan fingerprint density at radius 1 is 0.810 bits per heavy atom. The zero-order valence-electron chi connectivity index (χ0n) is 12.0. The quantitative estimate of drug-likeness (QED) is 0.274. The molecular weight excluding hydrogens is 356 g/mol. The van der Waals surface area contributed by atoms with Crippen molar-refractivity contribution in [2.45, 2.75) is 31.8 Å². The standard InChI is InChI=1S/C11H16O6S4/c1-5-16-9(14)11(10(15)17-6-2,20-18-7(3)12)21-19-8(4)13/h5-6H2,1-4H3. The zero-order chi connectivity index (χ0) is 16.5. The van der Waals surface area contributed by atoms with Crippen LogP contribution in [0.3, 0.4) is 0 Å². The van der Waals surface area contributed by atoms with Crippen LogP contribution in [0.5, 0.6) is 0 Å². The molecule has 0 amide bonds. The van der Waals surface area contributed by atoms with Crippen molar-refractivity contribution in [2.75, 3.05) is 13.2 Å². The average Bonchev–Trinajstić information content (AvgIpc) is 2.39. The average molecular weight is 373 g/mol. The summed E-state index contributed by atoms with van der Waals surface area (Å²) in [6.07, 6.45) is 0. The van der Waals surface area contributed by atoms with Crippen LogP contribution in [0.1, 0.15) is 27.7 Å². The lowest BCUT2D eigenvalue weighted by Gasteiger charge is -2.25. The van der Waals surface area contributed by atoms with Crippen LogP contribution in [0, 0.1) is 0 Å². The van der Waals surface area contributed by atoms with Gasteiger partial charge in [0.15, 0.2) is 10.2 Å². The summed E-state index contributed by atoms with van der Waals surface area (Å²) in [4.78, 5) is 46.7. The molecule has 0 aromatic carbocycles. The Labute approximate surface area is 139 Å². The molecule has 21 heavy (non-hydrogen) atoms. The lowest BCUT2D eigenvalue weighted by molar-refractivity contribution is -0.154. The number of carbonyl (C=O) groups is 4. The molecule has 0 radical (unpaired) electrons. The Balaban J connectivity index is 5.44. The first-order valence-corrected chi connectivity index (χ1v) is 10.2. The van der Waals surface area contributed by atoms with Gasteiger partial charge in [0.2, 0.25) is 0 Å². The summed E-state index contributed by atoms with van der Waals surface area (Å²) in [5, 5.41) is -0.571. The fourth-order valence-electron chi connectivity index (χ4n) is 0.920. The molecule has 0 aliphatic heterocycles. The van der Waals surface area contributed by atoms with Crippen LogP contribution >= 0.6 is 43.2 Å². The third kappa shape index (κ3) is 6.98. The molecule has 6 nitrogen and oxygen atoms in total. The van der Waals surface area contributed by atoms with Crippen molar-refractivity contribution in [2.24, 2.45) is 0 Å². The molecule has 0 unspecified atom stereocenters. The van der Waals surface area contributed by atoms with E-state index in [4.69, 9.17) is 9.47 Å². The van der Waals surface area contributed by atoms with Crippen molar-refractivity contribution < 1.29 is 28.7 Å². The zero-order valence-corrected chi connectivity index (χ0v) is 15.3. The second-order valence-corrected chi connectivity index (χ2v) is 8.67. The molecule has 120 valence electrons. The highest BCUT2D eigenvalue weighted by molar-refractivity contribution is 8.91. The fourth-order valence-corrected chi connectivity index (χ4v) is 5.85. The maximum Gasteiger partial charge on any atom is 0.346 e. The fraction of sp³-hybridized carbons (Fsp3) is 0.636. The molecule has 0 heterocycles. The number of hydrogen-bond donors (Lipinski definition) is 0. The lowest BCUT2D eigenvalue weighted by Crippen LogP contribution is -2.42. The molecule has 0 aromatic rings. The second kappa shape index (κ2) is 10.4. The van der Waals surface area contributed by atoms with Gasteiger partial charge in [0.1, 0.15) is 0 Å². The van der Waals surface area contributed by atoms with E-state index in [2.05, 4.69) is 0 Å². The number of rotatable bonds is 8. The summed E-state index contributed by atoms with van der Waals surface area (Å²) in [6.45, 7) is 5.94. The van der Waals surface area contributed by atoms with Crippen LogP contribution < -0.4 is 0 Å². The molecule has 0 rings (SSSR count). The molecule has 10 heteroatoms. The minimum absolute atomic E-state index is 0.0661. The summed E-state index contributed by atoms with van der Waals surface area (Å²) in [5.74, 6) is -1.69. The Morgan fingerprint density at radius 2 is 1.14 bits per heavy atom.